The van der Waals surface area contributed by atoms with Gasteiger partial charge in [0.2, 0.25) is 0 Å². The summed E-state index contributed by atoms with van der Waals surface area (Å²) in [5.74, 6) is -1.63. The first-order chi connectivity index (χ1) is 14.9. The van der Waals surface area contributed by atoms with Gasteiger partial charge in [-0.05, 0) is 31.4 Å². The average Bonchev–Trinajstić information content (AvgIpc) is 2.75. The van der Waals surface area contributed by atoms with Crippen molar-refractivity contribution in [1.29, 1.82) is 0 Å². The van der Waals surface area contributed by atoms with E-state index in [2.05, 4.69) is 4.98 Å². The Morgan fingerprint density at radius 1 is 1.00 bits per heavy atom. The second-order valence-electron chi connectivity index (χ2n) is 8.00. The summed E-state index contributed by atoms with van der Waals surface area (Å²) in [6.07, 6.45) is 5.30. The first-order valence-electron chi connectivity index (χ1n) is 10.5. The Balaban J connectivity index is 1.98. The first kappa shape index (κ1) is 21.8. The lowest BCUT2D eigenvalue weighted by molar-refractivity contribution is -0.123. The fourth-order valence-electron chi connectivity index (χ4n) is 4.45. The van der Waals surface area contributed by atoms with Crippen molar-refractivity contribution in [3.8, 4) is 11.3 Å². The van der Waals surface area contributed by atoms with Gasteiger partial charge in [-0.25, -0.2) is 4.98 Å². The standard InChI is InChI=1S/C23H22Cl2N2O4/c24-14-7-4-6-13(12-14)20-22(25)26-19(21(30)18-16(28)10-5-11-17(18)29)23(31)27(20)15-8-2-1-3-9-15/h4,6-7,12,15,30H,1-3,5,8-11H2. The topological polar surface area (TPSA) is 89.3 Å². The van der Waals surface area contributed by atoms with Gasteiger partial charge in [-0.1, -0.05) is 54.6 Å². The maximum atomic E-state index is 13.6. The second kappa shape index (κ2) is 8.97. The van der Waals surface area contributed by atoms with Crippen LogP contribution in [-0.2, 0) is 9.59 Å². The van der Waals surface area contributed by atoms with Crippen LogP contribution in [0.2, 0.25) is 10.2 Å². The molecule has 0 bridgehead atoms. The molecule has 0 spiro atoms. The molecule has 8 heteroatoms. The van der Waals surface area contributed by atoms with Gasteiger partial charge < -0.3 is 9.67 Å². The van der Waals surface area contributed by atoms with E-state index in [1.807, 2.05) is 0 Å². The molecule has 0 amide bonds. The number of hydrogen-bond acceptors (Lipinski definition) is 5. The van der Waals surface area contributed by atoms with E-state index in [9.17, 15) is 19.5 Å². The third-order valence-electron chi connectivity index (χ3n) is 5.93. The molecule has 4 rings (SSSR count). The summed E-state index contributed by atoms with van der Waals surface area (Å²) >= 11 is 12.7. The highest BCUT2D eigenvalue weighted by molar-refractivity contribution is 6.33. The zero-order chi connectivity index (χ0) is 22.1. The number of carbonyl (C=O) groups is 2. The molecule has 2 aromatic rings. The number of hydrogen-bond donors (Lipinski definition) is 1. The Morgan fingerprint density at radius 3 is 2.32 bits per heavy atom. The number of Topliss-reactive ketones (excluding diaryl/α,β-unsaturated/α-hetero) is 2. The van der Waals surface area contributed by atoms with Gasteiger partial charge in [0.05, 0.1) is 5.69 Å². The highest BCUT2D eigenvalue weighted by atomic mass is 35.5. The number of ketones is 2. The van der Waals surface area contributed by atoms with E-state index >= 15 is 0 Å². The molecule has 1 heterocycles. The maximum Gasteiger partial charge on any atom is 0.281 e. The summed E-state index contributed by atoms with van der Waals surface area (Å²) in [4.78, 5) is 42.4. The van der Waals surface area contributed by atoms with E-state index < -0.39 is 22.9 Å². The number of halogens is 2. The number of nitrogens with zero attached hydrogens (tertiary/aromatic N) is 2. The number of aliphatic hydroxyl groups is 1. The van der Waals surface area contributed by atoms with E-state index in [4.69, 9.17) is 23.2 Å². The second-order valence-corrected chi connectivity index (χ2v) is 8.80. The summed E-state index contributed by atoms with van der Waals surface area (Å²) in [5, 5.41) is 11.3. The first-order valence-corrected chi connectivity index (χ1v) is 11.2. The number of carbonyl (C=O) groups excluding carboxylic acids is 2. The Hall–Kier alpha value is -2.44. The largest absolute Gasteiger partial charge is 0.505 e. The van der Waals surface area contributed by atoms with Gasteiger partial charge in [0.25, 0.3) is 5.56 Å². The van der Waals surface area contributed by atoms with Crippen LogP contribution in [0.1, 0.15) is 63.1 Å². The van der Waals surface area contributed by atoms with E-state index in [-0.39, 0.29) is 35.3 Å². The predicted molar refractivity (Wildman–Crippen MR) is 119 cm³/mol. The van der Waals surface area contributed by atoms with Crippen molar-refractivity contribution in [3.63, 3.8) is 0 Å². The van der Waals surface area contributed by atoms with Crippen molar-refractivity contribution < 1.29 is 14.7 Å². The summed E-state index contributed by atoms with van der Waals surface area (Å²) in [7, 11) is 0. The quantitative estimate of drug-likeness (QED) is 0.380. The van der Waals surface area contributed by atoms with Gasteiger partial charge in [0, 0.05) is 29.5 Å². The highest BCUT2D eigenvalue weighted by Crippen LogP contribution is 2.35. The minimum atomic E-state index is -0.677. The van der Waals surface area contributed by atoms with Crippen LogP contribution in [0.5, 0.6) is 0 Å². The van der Waals surface area contributed by atoms with Crippen LogP contribution < -0.4 is 5.56 Å². The van der Waals surface area contributed by atoms with Crippen LogP contribution in [0.3, 0.4) is 0 Å². The minimum absolute atomic E-state index is 0.00491. The highest BCUT2D eigenvalue weighted by Gasteiger charge is 2.32. The van der Waals surface area contributed by atoms with Crippen LogP contribution in [0, 0.1) is 0 Å². The molecular weight excluding hydrogens is 439 g/mol. The molecule has 0 radical (unpaired) electrons. The molecule has 1 N–H and O–H groups in total. The Bertz CT molecular complexity index is 1130. The molecule has 1 aromatic carbocycles. The molecule has 0 aliphatic heterocycles. The van der Waals surface area contributed by atoms with Crippen LogP contribution in [-0.4, -0.2) is 26.2 Å². The van der Waals surface area contributed by atoms with Crippen molar-refractivity contribution in [3.05, 3.63) is 56.1 Å². The molecule has 0 atom stereocenters. The summed E-state index contributed by atoms with van der Waals surface area (Å²) in [6.45, 7) is 0. The number of allylic oxidation sites excluding steroid dienone is 1. The van der Waals surface area contributed by atoms with E-state index in [0.29, 0.717) is 22.7 Å². The third kappa shape index (κ3) is 4.19. The van der Waals surface area contributed by atoms with Crippen molar-refractivity contribution >= 4 is 40.5 Å². The molecule has 162 valence electrons. The summed E-state index contributed by atoms with van der Waals surface area (Å²) < 4.78 is 1.56. The van der Waals surface area contributed by atoms with E-state index in [1.165, 1.54) is 0 Å². The van der Waals surface area contributed by atoms with Crippen molar-refractivity contribution in [1.82, 2.24) is 9.55 Å². The maximum absolute atomic E-state index is 13.6. The number of benzene rings is 1. The molecular formula is C23H22Cl2N2O4. The molecule has 0 unspecified atom stereocenters. The Kier molecular flexibility index (Phi) is 6.30. The zero-order valence-corrected chi connectivity index (χ0v) is 18.4. The van der Waals surface area contributed by atoms with Crippen LogP contribution in [0.4, 0.5) is 0 Å². The van der Waals surface area contributed by atoms with E-state index in [1.54, 1.807) is 28.8 Å². The van der Waals surface area contributed by atoms with Gasteiger partial charge in [-0.3, -0.25) is 14.4 Å². The molecule has 2 saturated carbocycles. The van der Waals surface area contributed by atoms with Gasteiger partial charge in [-0.15, -0.1) is 0 Å². The van der Waals surface area contributed by atoms with Crippen molar-refractivity contribution in [2.45, 2.75) is 57.4 Å². The average molecular weight is 461 g/mol. The molecule has 2 aliphatic carbocycles. The molecule has 31 heavy (non-hydrogen) atoms. The van der Waals surface area contributed by atoms with Crippen LogP contribution in [0.25, 0.3) is 17.0 Å². The predicted octanol–water partition coefficient (Wildman–Crippen LogP) is 5.31. The molecule has 0 saturated heterocycles. The molecule has 2 aliphatic rings. The lowest BCUT2D eigenvalue weighted by Crippen LogP contribution is -2.32. The van der Waals surface area contributed by atoms with E-state index in [0.717, 1.165) is 32.1 Å². The summed E-state index contributed by atoms with van der Waals surface area (Å²) in [6, 6.07) is 6.84. The van der Waals surface area contributed by atoms with Gasteiger partial charge in [0.15, 0.2) is 28.2 Å². The zero-order valence-electron chi connectivity index (χ0n) is 16.9. The van der Waals surface area contributed by atoms with Gasteiger partial charge >= 0.3 is 0 Å². The van der Waals surface area contributed by atoms with Crippen molar-refractivity contribution in [2.24, 2.45) is 0 Å². The molecule has 6 nitrogen and oxygen atoms in total. The molecule has 2 fully saturated rings. The normalized spacial score (nSPS) is 17.8. The van der Waals surface area contributed by atoms with Gasteiger partial charge in [0.1, 0.15) is 5.57 Å². The van der Waals surface area contributed by atoms with Crippen molar-refractivity contribution in [2.75, 3.05) is 0 Å². The number of aromatic nitrogens is 2. The third-order valence-corrected chi connectivity index (χ3v) is 6.43. The fourth-order valence-corrected chi connectivity index (χ4v) is 4.92. The SMILES string of the molecule is O=C1CCCC(=O)C1=C(O)c1nc(Cl)c(-c2cccc(Cl)c2)n(C2CCCCC2)c1=O. The van der Waals surface area contributed by atoms with Gasteiger partial charge in [-0.2, -0.15) is 0 Å². The van der Waals surface area contributed by atoms with Crippen LogP contribution in [0.15, 0.2) is 34.6 Å². The van der Waals surface area contributed by atoms with Crippen LogP contribution >= 0.6 is 23.2 Å². The molecule has 1 aromatic heterocycles. The minimum Gasteiger partial charge on any atom is -0.505 e. The monoisotopic (exact) mass is 460 g/mol. The Labute approximate surface area is 189 Å². The number of aliphatic hydroxyl groups excluding tert-OH is 1. The lowest BCUT2D eigenvalue weighted by Gasteiger charge is -2.27. The smallest absolute Gasteiger partial charge is 0.281 e. The lowest BCUT2D eigenvalue weighted by atomic mass is 9.90. The summed E-state index contributed by atoms with van der Waals surface area (Å²) in [5.41, 5.74) is -0.222. The fraction of sp³-hybridized carbons (Fsp3) is 0.391. The Morgan fingerprint density at radius 2 is 1.68 bits per heavy atom. The number of rotatable bonds is 3.